The molecule has 1 atom stereocenters. The predicted octanol–water partition coefficient (Wildman–Crippen LogP) is 2.57. The number of hydrogen-bond donors (Lipinski definition) is 0. The van der Waals surface area contributed by atoms with Crippen LogP contribution in [-0.2, 0) is 21.3 Å². The van der Waals surface area contributed by atoms with Crippen LogP contribution in [-0.4, -0.2) is 24.9 Å². The summed E-state index contributed by atoms with van der Waals surface area (Å²) in [5.74, 6) is 0. The van der Waals surface area contributed by atoms with Crippen molar-refractivity contribution in [1.82, 2.24) is 0 Å². The van der Waals surface area contributed by atoms with Crippen molar-refractivity contribution in [2.75, 3.05) is 0 Å². The van der Waals surface area contributed by atoms with E-state index in [1.54, 1.807) is 6.07 Å². The van der Waals surface area contributed by atoms with Gasteiger partial charge in [0.25, 0.3) is 9.84 Å². The molecule has 0 aliphatic heterocycles. The lowest BCUT2D eigenvalue weighted by Gasteiger charge is -2.06. The molecule has 0 aliphatic carbocycles. The largest absolute Gasteiger partial charge is 0.391 e. The third kappa shape index (κ3) is 4.39. The van der Waals surface area contributed by atoms with E-state index in [0.29, 0.717) is 6.21 Å². The van der Waals surface area contributed by atoms with Gasteiger partial charge in [-0.2, -0.15) is 0 Å². The molecule has 0 saturated heterocycles. The van der Waals surface area contributed by atoms with Crippen LogP contribution in [0, 0.1) is 17.0 Å². The summed E-state index contributed by atoms with van der Waals surface area (Å²) < 4.78 is 24.6. The van der Waals surface area contributed by atoms with Crippen molar-refractivity contribution < 1.29 is 18.2 Å². The molecule has 0 fully saturated rings. The summed E-state index contributed by atoms with van der Waals surface area (Å²) in [4.78, 5) is 15.0. The Hall–Kier alpha value is -2.74. The Labute approximate surface area is 139 Å². The van der Waals surface area contributed by atoms with Gasteiger partial charge in [-0.25, -0.2) is 8.42 Å². The van der Waals surface area contributed by atoms with Gasteiger partial charge in [-0.3, -0.25) is 10.1 Å². The lowest BCUT2D eigenvalue weighted by atomic mass is 10.2. The van der Waals surface area contributed by atoms with E-state index in [2.05, 4.69) is 5.16 Å². The second-order valence-electron chi connectivity index (χ2n) is 5.05. The predicted molar refractivity (Wildman–Crippen MR) is 88.9 cm³/mol. The van der Waals surface area contributed by atoms with Gasteiger partial charge < -0.3 is 4.84 Å². The number of benzene rings is 2. The minimum absolute atomic E-state index is 0.0899. The van der Waals surface area contributed by atoms with Gasteiger partial charge in [0.15, 0.2) is 0 Å². The lowest BCUT2D eigenvalue weighted by molar-refractivity contribution is -0.478. The van der Waals surface area contributed by atoms with Crippen molar-refractivity contribution in [3.63, 3.8) is 0 Å². The molecule has 2 aromatic rings. The average Bonchev–Trinajstić information content (AvgIpc) is 2.56. The second kappa shape index (κ2) is 7.69. The first kappa shape index (κ1) is 17.6. The van der Waals surface area contributed by atoms with Gasteiger partial charge >= 0.3 is 5.37 Å². The molecule has 0 N–H and O–H groups in total. The van der Waals surface area contributed by atoms with Crippen molar-refractivity contribution in [1.29, 1.82) is 0 Å². The van der Waals surface area contributed by atoms with Crippen LogP contribution >= 0.6 is 0 Å². The highest BCUT2D eigenvalue weighted by molar-refractivity contribution is 7.92. The van der Waals surface area contributed by atoms with Crippen LogP contribution in [0.4, 0.5) is 0 Å². The summed E-state index contributed by atoms with van der Waals surface area (Å²) in [5.41, 5.74) is 1.91. The monoisotopic (exact) mass is 348 g/mol. The highest BCUT2D eigenvalue weighted by atomic mass is 32.2. The fourth-order valence-corrected chi connectivity index (χ4v) is 3.14. The Balaban J connectivity index is 2.08. The van der Waals surface area contributed by atoms with Crippen molar-refractivity contribution in [3.8, 4) is 0 Å². The Morgan fingerprint density at radius 2 is 1.79 bits per heavy atom. The zero-order chi connectivity index (χ0) is 17.6. The summed E-state index contributed by atoms with van der Waals surface area (Å²) in [7, 11) is -4.18. The average molecular weight is 348 g/mol. The van der Waals surface area contributed by atoms with Gasteiger partial charge in [0.1, 0.15) is 12.8 Å². The first-order chi connectivity index (χ1) is 11.4. The van der Waals surface area contributed by atoms with Gasteiger partial charge in [0.2, 0.25) is 0 Å². The number of hydrogen-bond acceptors (Lipinski definition) is 6. The van der Waals surface area contributed by atoms with Crippen LogP contribution in [0.2, 0.25) is 0 Å². The molecular formula is C16H16N2O5S. The van der Waals surface area contributed by atoms with E-state index < -0.39 is 20.1 Å². The number of aryl methyl sites for hydroxylation is 1. The zero-order valence-corrected chi connectivity index (χ0v) is 13.7. The highest BCUT2D eigenvalue weighted by Crippen LogP contribution is 2.15. The molecule has 7 nitrogen and oxygen atoms in total. The molecule has 24 heavy (non-hydrogen) atoms. The maximum atomic E-state index is 12.3. The van der Waals surface area contributed by atoms with Crippen LogP contribution < -0.4 is 0 Å². The Kier molecular flexibility index (Phi) is 5.64. The van der Waals surface area contributed by atoms with Crippen molar-refractivity contribution in [3.05, 3.63) is 75.8 Å². The highest BCUT2D eigenvalue weighted by Gasteiger charge is 2.36. The standard InChI is InChI=1S/C16H16N2O5S/c1-13-7-9-14(10-8-13)12-23-17-11-16(18(19)20)24(21,22)15-5-3-2-4-6-15/h2-11,16H,12H2,1H3/b17-11+. The quantitative estimate of drug-likeness (QED) is 0.435. The number of oxime groups is 1. The maximum Gasteiger partial charge on any atom is 0.352 e. The fraction of sp³-hybridized carbons (Fsp3) is 0.188. The van der Waals surface area contributed by atoms with E-state index in [9.17, 15) is 18.5 Å². The van der Waals surface area contributed by atoms with Gasteiger partial charge in [0, 0.05) is 4.92 Å². The molecule has 0 spiro atoms. The van der Waals surface area contributed by atoms with Crippen LogP contribution in [0.3, 0.4) is 0 Å². The van der Waals surface area contributed by atoms with Gasteiger partial charge in [-0.15, -0.1) is 0 Å². The Morgan fingerprint density at radius 3 is 2.38 bits per heavy atom. The second-order valence-corrected chi connectivity index (χ2v) is 7.09. The van der Waals surface area contributed by atoms with E-state index in [0.717, 1.165) is 11.1 Å². The van der Waals surface area contributed by atoms with Crippen molar-refractivity contribution in [2.24, 2.45) is 5.16 Å². The normalized spacial score (nSPS) is 12.9. The van der Waals surface area contributed by atoms with Crippen molar-refractivity contribution in [2.45, 2.75) is 23.8 Å². The number of rotatable bonds is 7. The van der Waals surface area contributed by atoms with E-state index in [4.69, 9.17) is 4.84 Å². The zero-order valence-electron chi connectivity index (χ0n) is 12.9. The molecule has 0 aromatic heterocycles. The molecule has 2 rings (SSSR count). The minimum atomic E-state index is -4.18. The molecule has 0 amide bonds. The van der Waals surface area contributed by atoms with Gasteiger partial charge in [-0.1, -0.05) is 53.2 Å². The minimum Gasteiger partial charge on any atom is -0.391 e. The van der Waals surface area contributed by atoms with Crippen LogP contribution in [0.25, 0.3) is 0 Å². The first-order valence-corrected chi connectivity index (χ1v) is 8.59. The molecule has 0 radical (unpaired) electrons. The molecule has 0 saturated carbocycles. The van der Waals surface area contributed by atoms with Crippen LogP contribution in [0.15, 0.2) is 64.6 Å². The first-order valence-electron chi connectivity index (χ1n) is 7.04. The molecule has 8 heteroatoms. The molecule has 126 valence electrons. The van der Waals surface area contributed by atoms with Crippen LogP contribution in [0.1, 0.15) is 11.1 Å². The molecule has 2 aromatic carbocycles. The lowest BCUT2D eigenvalue weighted by Crippen LogP contribution is -2.31. The maximum absolute atomic E-state index is 12.3. The topological polar surface area (TPSA) is 98.9 Å². The summed E-state index contributed by atoms with van der Waals surface area (Å²) in [6.07, 6.45) is 0.691. The van der Waals surface area contributed by atoms with E-state index in [-0.39, 0.29) is 11.5 Å². The third-order valence-electron chi connectivity index (χ3n) is 3.21. The Morgan fingerprint density at radius 1 is 1.17 bits per heavy atom. The SMILES string of the molecule is Cc1ccc(CO/N=C/C([N+](=O)[O-])S(=O)(=O)c2ccccc2)cc1. The molecule has 0 heterocycles. The van der Waals surface area contributed by atoms with Gasteiger partial charge in [0.05, 0.1) is 4.90 Å². The van der Waals surface area contributed by atoms with E-state index >= 15 is 0 Å². The number of nitrogens with zero attached hydrogens (tertiary/aromatic N) is 2. The summed E-state index contributed by atoms with van der Waals surface area (Å²) in [5, 5.41) is 12.6. The van der Waals surface area contributed by atoms with E-state index in [1.807, 2.05) is 31.2 Å². The summed E-state index contributed by atoms with van der Waals surface area (Å²) in [6, 6.07) is 14.7. The molecular weight excluding hydrogens is 332 g/mol. The van der Waals surface area contributed by atoms with Crippen LogP contribution in [0.5, 0.6) is 0 Å². The van der Waals surface area contributed by atoms with E-state index in [1.165, 1.54) is 24.3 Å². The number of sulfone groups is 1. The fourth-order valence-electron chi connectivity index (χ4n) is 1.89. The smallest absolute Gasteiger partial charge is 0.352 e. The molecule has 1 unspecified atom stereocenters. The van der Waals surface area contributed by atoms with Crippen molar-refractivity contribution >= 4 is 16.1 Å². The third-order valence-corrected chi connectivity index (χ3v) is 5.07. The molecule has 0 aliphatic rings. The number of nitro groups is 1. The van der Waals surface area contributed by atoms with Gasteiger partial charge in [-0.05, 0) is 24.6 Å². The Bertz CT molecular complexity index is 817. The molecule has 0 bridgehead atoms. The summed E-state index contributed by atoms with van der Waals surface area (Å²) in [6.45, 7) is 2.03. The summed E-state index contributed by atoms with van der Waals surface area (Å²) >= 11 is 0.